The molecule has 0 aliphatic rings. The maximum absolute atomic E-state index is 5.14. The van der Waals surface area contributed by atoms with Crippen LogP contribution in [-0.4, -0.2) is 51.3 Å². The number of methoxy groups -OCH3 is 1. The van der Waals surface area contributed by atoms with E-state index in [-0.39, 0.29) is 0 Å². The number of hydrogen-bond acceptors (Lipinski definition) is 4. The fourth-order valence-corrected chi connectivity index (χ4v) is 2.34. The van der Waals surface area contributed by atoms with Gasteiger partial charge in [0.1, 0.15) is 0 Å². The molecule has 1 heterocycles. The summed E-state index contributed by atoms with van der Waals surface area (Å²) in [5.41, 5.74) is 1.43. The van der Waals surface area contributed by atoms with Crippen LogP contribution in [0.3, 0.4) is 0 Å². The van der Waals surface area contributed by atoms with Crippen molar-refractivity contribution in [2.24, 2.45) is 0 Å². The molecule has 17 heavy (non-hydrogen) atoms. The molecule has 0 radical (unpaired) electrons. The molecule has 0 aromatic carbocycles. The summed E-state index contributed by atoms with van der Waals surface area (Å²) in [7, 11) is 3.90. The Labute approximate surface area is 109 Å². The third-order valence-corrected chi connectivity index (χ3v) is 3.70. The minimum atomic E-state index is 0.485. The standard InChI is InChI=1S/C13H24N2OS/c1-12(10-16-3)15(2)8-7-14-6-4-13-5-9-17-11-13/h5,9,11-12,14H,4,6-8,10H2,1-3H3. The van der Waals surface area contributed by atoms with Gasteiger partial charge in [-0.2, -0.15) is 11.3 Å². The van der Waals surface area contributed by atoms with Crippen molar-refractivity contribution in [1.82, 2.24) is 10.2 Å². The Hall–Kier alpha value is -0.420. The summed E-state index contributed by atoms with van der Waals surface area (Å²) in [4.78, 5) is 2.32. The van der Waals surface area contributed by atoms with Crippen LogP contribution in [0.25, 0.3) is 0 Å². The van der Waals surface area contributed by atoms with Gasteiger partial charge in [-0.15, -0.1) is 0 Å². The number of rotatable bonds is 9. The SMILES string of the molecule is COCC(C)N(C)CCNCCc1ccsc1. The topological polar surface area (TPSA) is 24.5 Å². The van der Waals surface area contributed by atoms with Crippen molar-refractivity contribution < 1.29 is 4.74 Å². The Balaban J connectivity index is 2.00. The minimum Gasteiger partial charge on any atom is -0.383 e. The van der Waals surface area contributed by atoms with E-state index in [4.69, 9.17) is 4.74 Å². The summed E-state index contributed by atoms with van der Waals surface area (Å²) >= 11 is 1.77. The van der Waals surface area contributed by atoms with E-state index in [1.165, 1.54) is 5.56 Å². The van der Waals surface area contributed by atoms with Crippen LogP contribution in [0.5, 0.6) is 0 Å². The molecule has 1 rings (SSSR count). The molecule has 1 aromatic rings. The van der Waals surface area contributed by atoms with Gasteiger partial charge in [0.15, 0.2) is 0 Å². The Morgan fingerprint density at radius 2 is 2.29 bits per heavy atom. The first-order chi connectivity index (χ1) is 8.24. The molecule has 1 atom stereocenters. The lowest BCUT2D eigenvalue weighted by Gasteiger charge is -2.23. The summed E-state index contributed by atoms with van der Waals surface area (Å²) in [6.45, 7) is 6.15. The summed E-state index contributed by atoms with van der Waals surface area (Å²) in [6.07, 6.45) is 1.13. The Bertz CT molecular complexity index is 277. The zero-order valence-corrected chi connectivity index (χ0v) is 11.9. The molecule has 0 saturated carbocycles. The zero-order chi connectivity index (χ0) is 12.5. The molecule has 0 amide bonds. The second-order valence-corrected chi connectivity index (χ2v) is 5.20. The molecule has 0 aliphatic carbocycles. The van der Waals surface area contributed by atoms with E-state index < -0.39 is 0 Å². The molecule has 0 spiro atoms. The number of hydrogen-bond donors (Lipinski definition) is 1. The first-order valence-corrected chi connectivity index (χ1v) is 7.09. The Kier molecular flexibility index (Phi) is 7.44. The van der Waals surface area contributed by atoms with Crippen LogP contribution in [0.4, 0.5) is 0 Å². The second-order valence-electron chi connectivity index (χ2n) is 4.42. The van der Waals surface area contributed by atoms with Gasteiger partial charge in [-0.1, -0.05) is 0 Å². The molecule has 1 N–H and O–H groups in total. The molecule has 1 unspecified atom stereocenters. The van der Waals surface area contributed by atoms with E-state index in [9.17, 15) is 0 Å². The highest BCUT2D eigenvalue weighted by Gasteiger charge is 2.07. The van der Waals surface area contributed by atoms with Gasteiger partial charge in [0.25, 0.3) is 0 Å². The van der Waals surface area contributed by atoms with Gasteiger partial charge in [-0.3, -0.25) is 0 Å². The second kappa shape index (κ2) is 8.64. The van der Waals surface area contributed by atoms with E-state index in [2.05, 4.69) is 41.0 Å². The van der Waals surface area contributed by atoms with Crippen LogP contribution in [0.2, 0.25) is 0 Å². The van der Waals surface area contributed by atoms with Crippen molar-refractivity contribution in [3.63, 3.8) is 0 Å². The number of ether oxygens (including phenoxy) is 1. The molecule has 0 aliphatic heterocycles. The number of nitrogens with zero attached hydrogens (tertiary/aromatic N) is 1. The van der Waals surface area contributed by atoms with Gasteiger partial charge >= 0.3 is 0 Å². The van der Waals surface area contributed by atoms with Gasteiger partial charge in [-0.05, 0) is 49.3 Å². The molecule has 3 nitrogen and oxygen atoms in total. The van der Waals surface area contributed by atoms with Crippen LogP contribution in [0, 0.1) is 0 Å². The summed E-state index contributed by atoms with van der Waals surface area (Å²) in [6, 6.07) is 2.68. The van der Waals surface area contributed by atoms with Crippen molar-refractivity contribution in [2.45, 2.75) is 19.4 Å². The quantitative estimate of drug-likeness (QED) is 0.682. The van der Waals surface area contributed by atoms with Crippen molar-refractivity contribution in [3.05, 3.63) is 22.4 Å². The molecule has 0 saturated heterocycles. The normalized spacial score (nSPS) is 13.2. The lowest BCUT2D eigenvalue weighted by Crippen LogP contribution is -2.38. The molecule has 0 fully saturated rings. The first-order valence-electron chi connectivity index (χ1n) is 6.15. The maximum Gasteiger partial charge on any atom is 0.0615 e. The Morgan fingerprint density at radius 1 is 1.47 bits per heavy atom. The zero-order valence-electron chi connectivity index (χ0n) is 11.1. The number of nitrogens with one attached hydrogen (secondary N) is 1. The predicted octanol–water partition coefficient (Wildman–Crippen LogP) is 1.85. The highest BCUT2D eigenvalue weighted by Crippen LogP contribution is 2.05. The smallest absolute Gasteiger partial charge is 0.0615 e. The van der Waals surface area contributed by atoms with E-state index in [1.807, 2.05) is 0 Å². The van der Waals surface area contributed by atoms with Crippen LogP contribution < -0.4 is 5.32 Å². The summed E-state index contributed by atoms with van der Waals surface area (Å²) in [5, 5.41) is 7.82. The molecule has 98 valence electrons. The van der Waals surface area contributed by atoms with Gasteiger partial charge < -0.3 is 15.0 Å². The Morgan fingerprint density at radius 3 is 2.94 bits per heavy atom. The van der Waals surface area contributed by atoms with E-state index in [1.54, 1.807) is 18.4 Å². The molecular weight excluding hydrogens is 232 g/mol. The van der Waals surface area contributed by atoms with Crippen LogP contribution in [0.15, 0.2) is 16.8 Å². The van der Waals surface area contributed by atoms with Gasteiger partial charge in [0.05, 0.1) is 6.61 Å². The highest BCUT2D eigenvalue weighted by atomic mass is 32.1. The van der Waals surface area contributed by atoms with Crippen LogP contribution in [-0.2, 0) is 11.2 Å². The number of thiophene rings is 1. The van der Waals surface area contributed by atoms with Crippen molar-refractivity contribution in [1.29, 1.82) is 0 Å². The number of likely N-dealkylation sites (N-methyl/N-ethyl adjacent to an activating group) is 1. The van der Waals surface area contributed by atoms with E-state index in [0.29, 0.717) is 6.04 Å². The average Bonchev–Trinajstić information content (AvgIpc) is 2.81. The fraction of sp³-hybridized carbons (Fsp3) is 0.692. The lowest BCUT2D eigenvalue weighted by atomic mass is 10.2. The lowest BCUT2D eigenvalue weighted by molar-refractivity contribution is 0.116. The van der Waals surface area contributed by atoms with E-state index in [0.717, 1.165) is 32.7 Å². The molecular formula is C13H24N2OS. The van der Waals surface area contributed by atoms with Gasteiger partial charge in [0, 0.05) is 26.2 Å². The van der Waals surface area contributed by atoms with Crippen molar-refractivity contribution >= 4 is 11.3 Å². The summed E-state index contributed by atoms with van der Waals surface area (Å²) in [5.74, 6) is 0. The van der Waals surface area contributed by atoms with E-state index >= 15 is 0 Å². The maximum atomic E-state index is 5.14. The fourth-order valence-electron chi connectivity index (χ4n) is 1.64. The van der Waals surface area contributed by atoms with Gasteiger partial charge in [0.2, 0.25) is 0 Å². The molecule has 1 aromatic heterocycles. The third kappa shape index (κ3) is 6.17. The minimum absolute atomic E-state index is 0.485. The predicted molar refractivity (Wildman–Crippen MR) is 74.9 cm³/mol. The molecule has 4 heteroatoms. The monoisotopic (exact) mass is 256 g/mol. The van der Waals surface area contributed by atoms with Gasteiger partial charge in [-0.25, -0.2) is 0 Å². The third-order valence-electron chi connectivity index (χ3n) is 2.97. The first kappa shape index (κ1) is 14.6. The summed E-state index contributed by atoms with van der Waals surface area (Å²) < 4.78 is 5.14. The largest absolute Gasteiger partial charge is 0.383 e. The molecule has 0 bridgehead atoms. The average molecular weight is 256 g/mol. The highest BCUT2D eigenvalue weighted by molar-refractivity contribution is 7.07. The van der Waals surface area contributed by atoms with Crippen molar-refractivity contribution in [2.75, 3.05) is 40.4 Å². The van der Waals surface area contributed by atoms with Crippen LogP contribution >= 0.6 is 11.3 Å². The van der Waals surface area contributed by atoms with Crippen LogP contribution in [0.1, 0.15) is 12.5 Å². The van der Waals surface area contributed by atoms with Crippen molar-refractivity contribution in [3.8, 4) is 0 Å².